The third-order valence-corrected chi connectivity index (χ3v) is 5.35. The van der Waals surface area contributed by atoms with Crippen LogP contribution in [0.15, 0.2) is 60.9 Å². The van der Waals surface area contributed by atoms with Crippen molar-refractivity contribution >= 4 is 29.1 Å². The van der Waals surface area contributed by atoms with Gasteiger partial charge in [-0.1, -0.05) is 23.7 Å². The smallest absolute Gasteiger partial charge is 0.254 e. The Hall–Kier alpha value is -3.03. The van der Waals surface area contributed by atoms with Gasteiger partial charge in [0, 0.05) is 61.4 Å². The molecule has 6 nitrogen and oxygen atoms in total. The summed E-state index contributed by atoms with van der Waals surface area (Å²) in [5, 5.41) is 3.54. The first-order valence-electron chi connectivity index (χ1n) is 9.68. The number of hydrogen-bond donors (Lipinski definition) is 1. The van der Waals surface area contributed by atoms with E-state index in [4.69, 9.17) is 11.6 Å². The minimum atomic E-state index is -0.338. The molecular weight excluding hydrogens is 405 g/mol. The molecule has 30 heavy (non-hydrogen) atoms. The Morgan fingerprint density at radius 2 is 1.80 bits per heavy atom. The predicted molar refractivity (Wildman–Crippen MR) is 114 cm³/mol. The van der Waals surface area contributed by atoms with Crippen LogP contribution in [-0.2, 0) is 6.54 Å². The molecule has 0 bridgehead atoms. The summed E-state index contributed by atoms with van der Waals surface area (Å²) in [6.45, 7) is 3.34. The zero-order chi connectivity index (χ0) is 20.9. The van der Waals surface area contributed by atoms with E-state index >= 15 is 0 Å². The van der Waals surface area contributed by atoms with Gasteiger partial charge in [0.25, 0.3) is 5.91 Å². The van der Waals surface area contributed by atoms with E-state index in [0.717, 1.165) is 24.3 Å². The second-order valence-corrected chi connectivity index (χ2v) is 7.49. The van der Waals surface area contributed by atoms with Crippen molar-refractivity contribution in [1.29, 1.82) is 0 Å². The lowest BCUT2D eigenvalue weighted by molar-refractivity contribution is 0.0628. The Balaban J connectivity index is 1.35. The fraction of sp³-hybridized carbons (Fsp3) is 0.227. The zero-order valence-electron chi connectivity index (χ0n) is 16.3. The van der Waals surface area contributed by atoms with Crippen LogP contribution < -0.4 is 5.32 Å². The lowest BCUT2D eigenvalue weighted by atomic mass is 10.1. The van der Waals surface area contributed by atoms with E-state index in [1.807, 2.05) is 29.2 Å². The van der Waals surface area contributed by atoms with E-state index in [0.29, 0.717) is 36.2 Å². The second kappa shape index (κ2) is 9.19. The van der Waals surface area contributed by atoms with E-state index in [9.17, 15) is 9.18 Å². The molecule has 2 heterocycles. The molecule has 0 spiro atoms. The molecule has 1 aliphatic heterocycles. The third kappa shape index (κ3) is 4.93. The lowest BCUT2D eigenvalue weighted by Crippen LogP contribution is -2.48. The monoisotopic (exact) mass is 425 g/mol. The molecule has 8 heteroatoms. The van der Waals surface area contributed by atoms with Crippen molar-refractivity contribution in [2.75, 3.05) is 31.5 Å². The molecule has 1 aliphatic rings. The van der Waals surface area contributed by atoms with E-state index < -0.39 is 0 Å². The number of anilines is 2. The second-order valence-electron chi connectivity index (χ2n) is 7.08. The maximum absolute atomic E-state index is 13.2. The van der Waals surface area contributed by atoms with E-state index in [1.54, 1.807) is 24.5 Å². The largest absolute Gasteiger partial charge is 0.336 e. The minimum Gasteiger partial charge on any atom is -0.336 e. The number of carbonyl (C=O) groups is 1. The standard InChI is InChI=1S/C22H21ClFN5O/c23-20-14-18(24)6-5-17(20)15-28-9-11-29(12-10-28)21(30)16-3-1-4-19(13-16)27-22-25-7-2-8-26-22/h1-8,13-14H,9-12,15H2,(H,25,26,27). The summed E-state index contributed by atoms with van der Waals surface area (Å²) < 4.78 is 13.2. The Morgan fingerprint density at radius 3 is 2.53 bits per heavy atom. The lowest BCUT2D eigenvalue weighted by Gasteiger charge is -2.35. The number of rotatable bonds is 5. The van der Waals surface area contributed by atoms with Gasteiger partial charge < -0.3 is 10.2 Å². The number of halogens is 2. The van der Waals surface area contributed by atoms with Gasteiger partial charge in [-0.25, -0.2) is 14.4 Å². The van der Waals surface area contributed by atoms with Crippen molar-refractivity contribution in [3.05, 3.63) is 82.9 Å². The fourth-order valence-electron chi connectivity index (χ4n) is 3.41. The number of piperazine rings is 1. The first-order chi connectivity index (χ1) is 14.6. The van der Waals surface area contributed by atoms with Crippen LogP contribution in [0.25, 0.3) is 0 Å². The molecule has 0 aliphatic carbocycles. The van der Waals surface area contributed by atoms with E-state index in [-0.39, 0.29) is 11.7 Å². The van der Waals surface area contributed by atoms with Crippen LogP contribution in [0.1, 0.15) is 15.9 Å². The zero-order valence-corrected chi connectivity index (χ0v) is 17.0. The van der Waals surface area contributed by atoms with Gasteiger partial charge in [0.05, 0.1) is 0 Å². The molecule has 0 atom stereocenters. The fourth-order valence-corrected chi connectivity index (χ4v) is 3.63. The van der Waals surface area contributed by atoms with Crippen molar-refractivity contribution in [3.63, 3.8) is 0 Å². The number of nitrogens with one attached hydrogen (secondary N) is 1. The maximum atomic E-state index is 13.2. The number of nitrogens with zero attached hydrogens (tertiary/aromatic N) is 4. The summed E-state index contributed by atoms with van der Waals surface area (Å²) in [6, 6.07) is 13.5. The molecule has 1 saturated heterocycles. The molecule has 4 rings (SSSR count). The number of amides is 1. The van der Waals surface area contributed by atoms with Crippen molar-refractivity contribution in [3.8, 4) is 0 Å². The number of benzene rings is 2. The summed E-state index contributed by atoms with van der Waals surface area (Å²) in [5.41, 5.74) is 2.27. The molecule has 1 aromatic heterocycles. The summed E-state index contributed by atoms with van der Waals surface area (Å²) in [5.74, 6) is 0.136. The summed E-state index contributed by atoms with van der Waals surface area (Å²) >= 11 is 6.13. The Kier molecular flexibility index (Phi) is 6.21. The van der Waals surface area contributed by atoms with Crippen molar-refractivity contribution in [1.82, 2.24) is 19.8 Å². The van der Waals surface area contributed by atoms with Crippen LogP contribution in [-0.4, -0.2) is 51.9 Å². The highest BCUT2D eigenvalue weighted by Gasteiger charge is 2.23. The molecule has 0 saturated carbocycles. The Bertz CT molecular complexity index is 1030. The number of carbonyl (C=O) groups excluding carboxylic acids is 1. The molecule has 1 amide bonds. The molecule has 2 aromatic carbocycles. The minimum absolute atomic E-state index is 0.00732. The van der Waals surface area contributed by atoms with Crippen LogP contribution in [0.5, 0.6) is 0 Å². The van der Waals surface area contributed by atoms with Crippen molar-refractivity contribution in [2.45, 2.75) is 6.54 Å². The topological polar surface area (TPSA) is 61.4 Å². The van der Waals surface area contributed by atoms with Crippen LogP contribution in [0.4, 0.5) is 16.0 Å². The number of aromatic nitrogens is 2. The van der Waals surface area contributed by atoms with Crippen LogP contribution in [0, 0.1) is 5.82 Å². The van der Waals surface area contributed by atoms with Crippen molar-refractivity contribution < 1.29 is 9.18 Å². The van der Waals surface area contributed by atoms with Crippen LogP contribution in [0.2, 0.25) is 5.02 Å². The van der Waals surface area contributed by atoms with Crippen LogP contribution in [0.3, 0.4) is 0 Å². The summed E-state index contributed by atoms with van der Waals surface area (Å²) in [4.78, 5) is 25.3. The molecule has 1 fully saturated rings. The Labute approximate surface area is 179 Å². The number of hydrogen-bond acceptors (Lipinski definition) is 5. The summed E-state index contributed by atoms with van der Waals surface area (Å²) in [7, 11) is 0. The SMILES string of the molecule is O=C(c1cccc(Nc2ncccn2)c1)N1CCN(Cc2ccc(F)cc2Cl)CC1. The first-order valence-corrected chi connectivity index (χ1v) is 10.1. The predicted octanol–water partition coefficient (Wildman–Crippen LogP) is 3.97. The van der Waals surface area contributed by atoms with Gasteiger partial charge in [-0.05, 0) is 42.0 Å². The summed E-state index contributed by atoms with van der Waals surface area (Å²) in [6.07, 6.45) is 3.31. The average molecular weight is 426 g/mol. The van der Waals surface area contributed by atoms with Crippen molar-refractivity contribution in [2.24, 2.45) is 0 Å². The molecule has 0 radical (unpaired) electrons. The molecule has 154 valence electrons. The molecule has 0 unspecified atom stereocenters. The van der Waals surface area contributed by atoms with Gasteiger partial charge in [0.2, 0.25) is 5.95 Å². The van der Waals surface area contributed by atoms with Crippen LogP contribution >= 0.6 is 11.6 Å². The Morgan fingerprint density at radius 1 is 1.03 bits per heavy atom. The average Bonchev–Trinajstić information content (AvgIpc) is 2.77. The van der Waals surface area contributed by atoms with E-state index in [1.165, 1.54) is 12.1 Å². The normalized spacial score (nSPS) is 14.5. The first kappa shape index (κ1) is 20.3. The van der Waals surface area contributed by atoms with Gasteiger partial charge in [0.1, 0.15) is 5.82 Å². The van der Waals surface area contributed by atoms with Gasteiger partial charge >= 0.3 is 0 Å². The maximum Gasteiger partial charge on any atom is 0.254 e. The highest BCUT2D eigenvalue weighted by Crippen LogP contribution is 2.21. The molecular formula is C22H21ClFN5O. The van der Waals surface area contributed by atoms with E-state index in [2.05, 4.69) is 20.2 Å². The van der Waals surface area contributed by atoms with Gasteiger partial charge in [0.15, 0.2) is 0 Å². The van der Waals surface area contributed by atoms with Gasteiger partial charge in [-0.15, -0.1) is 0 Å². The third-order valence-electron chi connectivity index (χ3n) is 5.00. The molecule has 1 N–H and O–H groups in total. The highest BCUT2D eigenvalue weighted by atomic mass is 35.5. The quantitative estimate of drug-likeness (QED) is 0.670. The highest BCUT2D eigenvalue weighted by molar-refractivity contribution is 6.31. The molecule has 3 aromatic rings. The van der Waals surface area contributed by atoms with Gasteiger partial charge in [-0.3, -0.25) is 9.69 Å². The van der Waals surface area contributed by atoms with Gasteiger partial charge in [-0.2, -0.15) is 0 Å².